The Morgan fingerprint density at radius 3 is 2.90 bits per heavy atom. The van der Waals surface area contributed by atoms with Crippen molar-refractivity contribution in [1.29, 1.82) is 0 Å². The van der Waals surface area contributed by atoms with Crippen molar-refractivity contribution in [2.45, 2.75) is 12.8 Å². The largest absolute Gasteiger partial charge is 0.375 e. The van der Waals surface area contributed by atoms with E-state index < -0.39 is 5.82 Å². The number of nitrogens with zero attached hydrogens (tertiary/aromatic N) is 1. The molecule has 2 rings (SSSR count). The van der Waals surface area contributed by atoms with Crippen LogP contribution in [-0.2, 0) is 9.59 Å². The molecule has 1 aromatic rings. The molecule has 1 aliphatic rings. The van der Waals surface area contributed by atoms with Gasteiger partial charge in [-0.05, 0) is 31.0 Å². The first-order chi connectivity index (χ1) is 9.97. The Labute approximate surface area is 127 Å². The molecule has 7 heteroatoms. The fourth-order valence-electron chi connectivity index (χ4n) is 2.35. The Morgan fingerprint density at radius 1 is 1.48 bits per heavy atom. The van der Waals surface area contributed by atoms with Gasteiger partial charge in [-0.1, -0.05) is 11.6 Å². The minimum absolute atomic E-state index is 0.0385. The number of hydrogen-bond donors (Lipinski definition) is 2. The zero-order valence-corrected chi connectivity index (χ0v) is 12.2. The van der Waals surface area contributed by atoms with Crippen LogP contribution in [0.15, 0.2) is 18.2 Å². The molecule has 21 heavy (non-hydrogen) atoms. The predicted octanol–water partition coefficient (Wildman–Crippen LogP) is 1.61. The number of likely N-dealkylation sites (tertiary alicyclic amines) is 1. The summed E-state index contributed by atoms with van der Waals surface area (Å²) in [5.74, 6) is -1.22. The van der Waals surface area contributed by atoms with E-state index in [1.54, 1.807) is 4.90 Å². The Bertz CT molecular complexity index is 553. The molecular weight excluding hydrogens is 297 g/mol. The predicted molar refractivity (Wildman–Crippen MR) is 78.4 cm³/mol. The average Bonchev–Trinajstić information content (AvgIpc) is 2.46. The molecule has 0 aliphatic carbocycles. The number of amides is 2. The average molecular weight is 314 g/mol. The molecular formula is C14H17ClFN3O2. The maximum Gasteiger partial charge on any atom is 0.241 e. The first-order valence-corrected chi connectivity index (χ1v) is 7.11. The molecule has 0 radical (unpaired) electrons. The van der Waals surface area contributed by atoms with Crippen molar-refractivity contribution in [3.63, 3.8) is 0 Å². The molecule has 1 aliphatic heterocycles. The zero-order chi connectivity index (χ0) is 15.4. The van der Waals surface area contributed by atoms with E-state index >= 15 is 0 Å². The van der Waals surface area contributed by atoms with E-state index in [1.807, 2.05) is 0 Å². The Hall–Kier alpha value is -1.82. The van der Waals surface area contributed by atoms with Crippen molar-refractivity contribution in [2.24, 2.45) is 11.7 Å². The number of hydrogen-bond acceptors (Lipinski definition) is 3. The van der Waals surface area contributed by atoms with E-state index in [0.29, 0.717) is 18.8 Å². The van der Waals surface area contributed by atoms with E-state index in [9.17, 15) is 14.0 Å². The van der Waals surface area contributed by atoms with Crippen molar-refractivity contribution in [2.75, 3.05) is 25.0 Å². The highest BCUT2D eigenvalue weighted by Crippen LogP contribution is 2.22. The smallest absolute Gasteiger partial charge is 0.241 e. The summed E-state index contributed by atoms with van der Waals surface area (Å²) < 4.78 is 12.9. The monoisotopic (exact) mass is 313 g/mol. The van der Waals surface area contributed by atoms with Gasteiger partial charge in [0.25, 0.3) is 0 Å². The molecule has 114 valence electrons. The number of nitrogens with one attached hydrogen (secondary N) is 1. The van der Waals surface area contributed by atoms with Crippen molar-refractivity contribution >= 4 is 29.1 Å². The van der Waals surface area contributed by atoms with Crippen molar-refractivity contribution < 1.29 is 14.0 Å². The number of halogens is 2. The number of rotatable bonds is 4. The number of carbonyl (C=O) groups excluding carboxylic acids is 2. The number of benzene rings is 1. The van der Waals surface area contributed by atoms with E-state index in [2.05, 4.69) is 5.32 Å². The lowest BCUT2D eigenvalue weighted by Crippen LogP contribution is -2.45. The number of nitrogens with two attached hydrogens (primary N) is 1. The zero-order valence-electron chi connectivity index (χ0n) is 11.4. The van der Waals surface area contributed by atoms with Crippen LogP contribution in [0, 0.1) is 11.7 Å². The molecule has 1 atom stereocenters. The summed E-state index contributed by atoms with van der Waals surface area (Å²) in [5.41, 5.74) is 5.78. The van der Waals surface area contributed by atoms with Gasteiger partial charge >= 0.3 is 0 Å². The van der Waals surface area contributed by atoms with Crippen LogP contribution in [0.4, 0.5) is 10.1 Å². The van der Waals surface area contributed by atoms with Crippen LogP contribution in [0.3, 0.4) is 0 Å². The molecule has 0 spiro atoms. The maximum atomic E-state index is 12.9. The highest BCUT2D eigenvalue weighted by molar-refractivity contribution is 6.33. The van der Waals surface area contributed by atoms with Gasteiger partial charge in [-0.2, -0.15) is 0 Å². The number of anilines is 1. The maximum absolute atomic E-state index is 12.9. The van der Waals surface area contributed by atoms with Crippen molar-refractivity contribution in [3.05, 3.63) is 29.0 Å². The molecule has 0 bridgehead atoms. The van der Waals surface area contributed by atoms with Gasteiger partial charge in [-0.3, -0.25) is 9.59 Å². The molecule has 1 saturated heterocycles. The summed E-state index contributed by atoms with van der Waals surface area (Å²) in [4.78, 5) is 24.9. The summed E-state index contributed by atoms with van der Waals surface area (Å²) in [6.07, 6.45) is 1.48. The second kappa shape index (κ2) is 6.76. The van der Waals surface area contributed by atoms with Gasteiger partial charge in [-0.25, -0.2) is 4.39 Å². The van der Waals surface area contributed by atoms with Gasteiger partial charge in [0.05, 0.1) is 23.2 Å². The Morgan fingerprint density at radius 2 is 2.24 bits per heavy atom. The third-order valence-electron chi connectivity index (χ3n) is 3.54. The van der Waals surface area contributed by atoms with Crippen LogP contribution < -0.4 is 11.1 Å². The van der Waals surface area contributed by atoms with Crippen LogP contribution >= 0.6 is 11.6 Å². The van der Waals surface area contributed by atoms with E-state index in [-0.39, 0.29) is 29.3 Å². The normalized spacial score (nSPS) is 18.4. The molecule has 3 N–H and O–H groups in total. The quantitative estimate of drug-likeness (QED) is 0.887. The first-order valence-electron chi connectivity index (χ1n) is 6.73. The third-order valence-corrected chi connectivity index (χ3v) is 3.85. The second-order valence-corrected chi connectivity index (χ2v) is 5.47. The molecule has 2 amide bonds. The molecule has 0 saturated carbocycles. The number of piperidine rings is 1. The molecule has 1 fully saturated rings. The van der Waals surface area contributed by atoms with Gasteiger partial charge in [0.2, 0.25) is 11.8 Å². The molecule has 1 unspecified atom stereocenters. The SMILES string of the molecule is NC(=O)C1CCCN(C(=O)CNc2ccc(F)cc2Cl)C1. The lowest BCUT2D eigenvalue weighted by Gasteiger charge is -2.31. The van der Waals surface area contributed by atoms with E-state index in [1.165, 1.54) is 18.2 Å². The summed E-state index contributed by atoms with van der Waals surface area (Å²) in [6.45, 7) is 1.01. The van der Waals surface area contributed by atoms with Gasteiger partial charge in [0.15, 0.2) is 0 Å². The fourth-order valence-corrected chi connectivity index (χ4v) is 2.59. The molecule has 0 aromatic heterocycles. The van der Waals surface area contributed by atoms with Gasteiger partial charge in [-0.15, -0.1) is 0 Å². The summed E-state index contributed by atoms with van der Waals surface area (Å²) in [6, 6.07) is 3.93. The first kappa shape index (κ1) is 15.6. The molecule has 1 aromatic carbocycles. The standard InChI is InChI=1S/C14H17ClFN3O2/c15-11-6-10(16)3-4-12(11)18-7-13(20)19-5-1-2-9(8-19)14(17)21/h3-4,6,9,18H,1-2,5,7-8H2,(H2,17,21). The fraction of sp³-hybridized carbons (Fsp3) is 0.429. The van der Waals surface area contributed by atoms with Gasteiger partial charge in [0, 0.05) is 13.1 Å². The minimum Gasteiger partial charge on any atom is -0.375 e. The topological polar surface area (TPSA) is 75.4 Å². The van der Waals surface area contributed by atoms with Crippen LogP contribution in [0.2, 0.25) is 5.02 Å². The lowest BCUT2D eigenvalue weighted by atomic mass is 9.97. The number of carbonyl (C=O) groups is 2. The number of primary amides is 1. The second-order valence-electron chi connectivity index (χ2n) is 5.06. The Kier molecular flexibility index (Phi) is 5.01. The van der Waals surface area contributed by atoms with Gasteiger partial charge < -0.3 is 16.0 Å². The third kappa shape index (κ3) is 4.07. The lowest BCUT2D eigenvalue weighted by molar-refractivity contribution is -0.133. The highest BCUT2D eigenvalue weighted by Gasteiger charge is 2.26. The molecule has 1 heterocycles. The van der Waals surface area contributed by atoms with Gasteiger partial charge in [0.1, 0.15) is 5.82 Å². The Balaban J connectivity index is 1.90. The summed E-state index contributed by atoms with van der Waals surface area (Å²) in [5, 5.41) is 3.09. The van der Waals surface area contributed by atoms with Crippen LogP contribution in [-0.4, -0.2) is 36.3 Å². The van der Waals surface area contributed by atoms with E-state index in [0.717, 1.165) is 12.8 Å². The van der Waals surface area contributed by atoms with Crippen LogP contribution in [0.5, 0.6) is 0 Å². The van der Waals surface area contributed by atoms with Crippen LogP contribution in [0.25, 0.3) is 0 Å². The van der Waals surface area contributed by atoms with Crippen LogP contribution in [0.1, 0.15) is 12.8 Å². The van der Waals surface area contributed by atoms with E-state index in [4.69, 9.17) is 17.3 Å². The van der Waals surface area contributed by atoms with Crippen molar-refractivity contribution in [3.8, 4) is 0 Å². The molecule has 5 nitrogen and oxygen atoms in total. The van der Waals surface area contributed by atoms with Crippen molar-refractivity contribution in [1.82, 2.24) is 4.90 Å². The summed E-state index contributed by atoms with van der Waals surface area (Å²) in [7, 11) is 0. The highest BCUT2D eigenvalue weighted by atomic mass is 35.5. The summed E-state index contributed by atoms with van der Waals surface area (Å²) >= 11 is 5.87. The minimum atomic E-state index is -0.433.